The fourth-order valence-electron chi connectivity index (χ4n) is 2.20. The first-order chi connectivity index (χ1) is 10.4. The number of aromatic nitrogens is 4. The van der Waals surface area contributed by atoms with Gasteiger partial charge in [-0.15, -0.1) is 5.10 Å². The van der Waals surface area contributed by atoms with Gasteiger partial charge in [0.2, 0.25) is 0 Å². The molecule has 0 saturated heterocycles. The smallest absolute Gasteiger partial charge is 0.331 e. The first-order valence-corrected chi connectivity index (χ1v) is 6.78. The Hall–Kier alpha value is -2.48. The number of ether oxygens (including phenoxy) is 1. The second-order valence-corrected chi connectivity index (χ2v) is 5.07. The number of benzene rings is 1. The van der Waals surface area contributed by atoms with Crippen molar-refractivity contribution in [1.29, 1.82) is 0 Å². The predicted molar refractivity (Wildman–Crippen MR) is 76.4 cm³/mol. The van der Waals surface area contributed by atoms with Gasteiger partial charge in [-0.1, -0.05) is 18.2 Å². The summed E-state index contributed by atoms with van der Waals surface area (Å²) in [5.74, 6) is -0.271. The van der Waals surface area contributed by atoms with Crippen LogP contribution in [0.5, 0.6) is 5.75 Å². The molecule has 2 rings (SSSR count). The van der Waals surface area contributed by atoms with E-state index in [1.807, 2.05) is 32.0 Å². The van der Waals surface area contributed by atoms with Gasteiger partial charge >= 0.3 is 5.97 Å². The van der Waals surface area contributed by atoms with Gasteiger partial charge in [0.15, 0.2) is 11.9 Å². The maximum Gasteiger partial charge on any atom is 0.331 e. The number of para-hydroxylation sites is 1. The molecule has 0 spiro atoms. The molecule has 118 valence electrons. The zero-order chi connectivity index (χ0) is 16.3. The number of hydrogen-bond acceptors (Lipinski definition) is 6. The summed E-state index contributed by atoms with van der Waals surface area (Å²) in [6.07, 6.45) is -1.14. The van der Waals surface area contributed by atoms with Gasteiger partial charge in [-0.25, -0.2) is 9.48 Å². The first-order valence-electron chi connectivity index (χ1n) is 6.78. The Morgan fingerprint density at radius 3 is 2.55 bits per heavy atom. The van der Waals surface area contributed by atoms with Crippen molar-refractivity contribution in [3.8, 4) is 5.75 Å². The molecule has 0 radical (unpaired) electrons. The number of aliphatic hydroxyl groups excluding tert-OH is 1. The lowest BCUT2D eigenvalue weighted by Gasteiger charge is -2.17. The average molecular weight is 306 g/mol. The molecule has 2 atom stereocenters. The standard InChI is InChI=1S/C14H18N4O4/c1-8-5-4-6-9(2)13(8)22-7-11-15-16-17-18(11)12(10(3)19)14(20)21/h4-6,10,12,19H,7H2,1-3H3,(H,20,21). The number of tetrazole rings is 1. The van der Waals surface area contributed by atoms with Gasteiger partial charge in [-0.05, 0) is 42.3 Å². The van der Waals surface area contributed by atoms with Crippen LogP contribution in [0.25, 0.3) is 0 Å². The zero-order valence-electron chi connectivity index (χ0n) is 12.6. The molecule has 22 heavy (non-hydrogen) atoms. The Labute approximate surface area is 127 Å². The van der Waals surface area contributed by atoms with Crippen LogP contribution in [0.4, 0.5) is 0 Å². The van der Waals surface area contributed by atoms with E-state index in [9.17, 15) is 15.0 Å². The van der Waals surface area contributed by atoms with Crippen molar-refractivity contribution in [3.05, 3.63) is 35.2 Å². The minimum Gasteiger partial charge on any atom is -0.485 e. The van der Waals surface area contributed by atoms with E-state index in [1.54, 1.807) is 0 Å². The topological polar surface area (TPSA) is 110 Å². The molecule has 1 aromatic carbocycles. The number of carboxylic acids is 1. The van der Waals surface area contributed by atoms with Crippen molar-refractivity contribution < 1.29 is 19.7 Å². The fraction of sp³-hybridized carbons (Fsp3) is 0.429. The second kappa shape index (κ2) is 6.52. The maximum atomic E-state index is 11.3. The second-order valence-electron chi connectivity index (χ2n) is 5.07. The summed E-state index contributed by atoms with van der Waals surface area (Å²) in [7, 11) is 0. The van der Waals surface area contributed by atoms with E-state index >= 15 is 0 Å². The monoisotopic (exact) mass is 306 g/mol. The van der Waals surface area contributed by atoms with Gasteiger partial charge in [-0.3, -0.25) is 0 Å². The molecule has 8 heteroatoms. The van der Waals surface area contributed by atoms with Gasteiger partial charge in [0, 0.05) is 0 Å². The van der Waals surface area contributed by atoms with E-state index in [-0.39, 0.29) is 12.4 Å². The van der Waals surface area contributed by atoms with Gasteiger partial charge in [0.25, 0.3) is 0 Å². The quantitative estimate of drug-likeness (QED) is 0.814. The lowest BCUT2D eigenvalue weighted by Crippen LogP contribution is -2.31. The van der Waals surface area contributed by atoms with E-state index < -0.39 is 18.1 Å². The number of carbonyl (C=O) groups is 1. The molecule has 0 aliphatic rings. The van der Waals surface area contributed by atoms with Crippen molar-refractivity contribution in [2.45, 2.75) is 39.5 Å². The largest absolute Gasteiger partial charge is 0.485 e. The number of hydrogen-bond donors (Lipinski definition) is 2. The van der Waals surface area contributed by atoms with Gasteiger partial charge in [0.1, 0.15) is 12.4 Å². The van der Waals surface area contributed by atoms with Crippen LogP contribution in [0, 0.1) is 13.8 Å². The molecule has 0 bridgehead atoms. The van der Waals surface area contributed by atoms with Crippen LogP contribution >= 0.6 is 0 Å². The molecule has 1 aromatic heterocycles. The molecule has 2 unspecified atom stereocenters. The SMILES string of the molecule is Cc1cccc(C)c1OCc1nnnn1C(C(=O)O)C(C)O. The molecule has 0 saturated carbocycles. The van der Waals surface area contributed by atoms with Gasteiger partial charge < -0.3 is 14.9 Å². The summed E-state index contributed by atoms with van der Waals surface area (Å²) in [6.45, 7) is 5.22. The zero-order valence-corrected chi connectivity index (χ0v) is 12.6. The number of aliphatic hydroxyl groups is 1. The minimum absolute atomic E-state index is 0.00912. The van der Waals surface area contributed by atoms with Crippen LogP contribution in [0.2, 0.25) is 0 Å². The highest BCUT2D eigenvalue weighted by molar-refractivity contribution is 5.72. The van der Waals surface area contributed by atoms with E-state index in [2.05, 4.69) is 15.5 Å². The summed E-state index contributed by atoms with van der Waals surface area (Å²) >= 11 is 0. The third-order valence-electron chi connectivity index (χ3n) is 3.29. The van der Waals surface area contributed by atoms with Crippen molar-refractivity contribution in [2.75, 3.05) is 0 Å². The highest BCUT2D eigenvalue weighted by atomic mass is 16.5. The molecule has 0 amide bonds. The highest BCUT2D eigenvalue weighted by Crippen LogP contribution is 2.23. The Morgan fingerprint density at radius 1 is 1.36 bits per heavy atom. The highest BCUT2D eigenvalue weighted by Gasteiger charge is 2.29. The van der Waals surface area contributed by atoms with E-state index in [4.69, 9.17) is 4.74 Å². The molecule has 0 aliphatic carbocycles. The number of nitrogens with zero attached hydrogens (tertiary/aromatic N) is 4. The van der Waals surface area contributed by atoms with E-state index in [0.29, 0.717) is 5.75 Å². The number of carboxylic acid groups (broad SMARTS) is 1. The molecule has 0 aliphatic heterocycles. The van der Waals surface area contributed by atoms with E-state index in [0.717, 1.165) is 15.8 Å². The lowest BCUT2D eigenvalue weighted by atomic mass is 10.1. The minimum atomic E-state index is -1.26. The van der Waals surface area contributed by atoms with Crippen molar-refractivity contribution >= 4 is 5.97 Å². The van der Waals surface area contributed by atoms with Crippen LogP contribution in [-0.2, 0) is 11.4 Å². The van der Waals surface area contributed by atoms with Crippen molar-refractivity contribution in [3.63, 3.8) is 0 Å². The summed E-state index contributed by atoms with van der Waals surface area (Å²) in [5, 5.41) is 29.7. The molecular weight excluding hydrogens is 288 g/mol. The predicted octanol–water partition coefficient (Wildman–Crippen LogP) is 0.875. The van der Waals surface area contributed by atoms with Crippen LogP contribution in [0.3, 0.4) is 0 Å². The molecule has 1 heterocycles. The summed E-state index contributed by atoms with van der Waals surface area (Å²) in [6, 6.07) is 4.50. The first kappa shape index (κ1) is 15.9. The third kappa shape index (κ3) is 3.22. The summed E-state index contributed by atoms with van der Waals surface area (Å²) in [4.78, 5) is 11.3. The van der Waals surface area contributed by atoms with Gasteiger partial charge in [-0.2, -0.15) is 0 Å². The number of aryl methyl sites for hydroxylation is 2. The normalized spacial score (nSPS) is 13.6. The number of aliphatic carboxylic acids is 1. The van der Waals surface area contributed by atoms with Crippen LogP contribution in [0.1, 0.15) is 29.9 Å². The van der Waals surface area contributed by atoms with Crippen LogP contribution in [0.15, 0.2) is 18.2 Å². The van der Waals surface area contributed by atoms with Crippen LogP contribution in [-0.4, -0.2) is 42.5 Å². The Bertz CT molecular complexity index is 648. The molecule has 2 N–H and O–H groups in total. The molecule has 8 nitrogen and oxygen atoms in total. The Kier molecular flexibility index (Phi) is 4.71. The van der Waals surface area contributed by atoms with E-state index in [1.165, 1.54) is 6.92 Å². The summed E-state index contributed by atoms with van der Waals surface area (Å²) < 4.78 is 6.79. The van der Waals surface area contributed by atoms with Crippen molar-refractivity contribution in [1.82, 2.24) is 20.2 Å². The maximum absolute atomic E-state index is 11.3. The Morgan fingerprint density at radius 2 is 2.00 bits per heavy atom. The third-order valence-corrected chi connectivity index (χ3v) is 3.29. The van der Waals surface area contributed by atoms with Gasteiger partial charge in [0.05, 0.1) is 6.10 Å². The molecule has 2 aromatic rings. The fourth-order valence-corrected chi connectivity index (χ4v) is 2.20. The molecule has 0 fully saturated rings. The average Bonchev–Trinajstić information content (AvgIpc) is 2.85. The van der Waals surface area contributed by atoms with Crippen LogP contribution < -0.4 is 4.74 Å². The Balaban J connectivity index is 2.22. The summed E-state index contributed by atoms with van der Waals surface area (Å²) in [5.41, 5.74) is 1.92. The number of rotatable bonds is 6. The molecular formula is C14H18N4O4. The van der Waals surface area contributed by atoms with Crippen molar-refractivity contribution in [2.24, 2.45) is 0 Å². The lowest BCUT2D eigenvalue weighted by molar-refractivity contribution is -0.144.